The predicted molar refractivity (Wildman–Crippen MR) is 145 cm³/mol. The zero-order valence-electron chi connectivity index (χ0n) is 20.9. The maximum atomic E-state index is 13.0. The minimum Gasteiger partial charge on any atom is -0.492 e. The first kappa shape index (κ1) is 25.7. The Hall–Kier alpha value is -2.98. The smallest absolute Gasteiger partial charge is 0.255 e. The molecule has 3 aromatic rings. The van der Waals surface area contributed by atoms with Gasteiger partial charge in [0.05, 0.1) is 24.7 Å². The van der Waals surface area contributed by atoms with Crippen molar-refractivity contribution in [3.05, 3.63) is 71.8 Å². The van der Waals surface area contributed by atoms with E-state index in [1.54, 1.807) is 0 Å². The number of benzene rings is 3. The van der Waals surface area contributed by atoms with Crippen molar-refractivity contribution in [3.8, 4) is 5.75 Å². The Balaban J connectivity index is 1.21. The highest BCUT2D eigenvalue weighted by Crippen LogP contribution is 2.32. The lowest BCUT2D eigenvalue weighted by molar-refractivity contribution is 0.0323. The Morgan fingerprint density at radius 1 is 0.865 bits per heavy atom. The van der Waals surface area contributed by atoms with Gasteiger partial charge in [0.1, 0.15) is 12.4 Å². The maximum absolute atomic E-state index is 13.0. The lowest BCUT2D eigenvalue weighted by Gasteiger charge is -2.26. The Morgan fingerprint density at radius 3 is 2.30 bits per heavy atom. The second kappa shape index (κ2) is 11.6. The summed E-state index contributed by atoms with van der Waals surface area (Å²) in [7, 11) is -2.89. The topological polar surface area (TPSA) is 88.2 Å². The number of hydrogen-bond donors (Lipinski definition) is 1. The molecule has 37 heavy (non-hydrogen) atoms. The lowest BCUT2D eigenvalue weighted by atomic mass is 10.1. The summed E-state index contributed by atoms with van der Waals surface area (Å²) in [5.74, 6) is 1.04. The standard InChI is InChI=1S/C28H33N3O5S/c32-28(23-7-5-22(6-8-23)21-31-14-19-37(33,34)20-15-31)29-26-9-10-27(25-4-2-1-3-24(25)26)36-18-13-30-11-16-35-17-12-30/h1-10H,11-21H2,(H,29,32). The van der Waals surface area contributed by atoms with Crippen LogP contribution in [0.25, 0.3) is 10.8 Å². The normalized spacial score (nSPS) is 18.5. The summed E-state index contributed by atoms with van der Waals surface area (Å²) in [5.41, 5.74) is 2.36. The minimum atomic E-state index is -2.89. The van der Waals surface area contributed by atoms with Gasteiger partial charge in [-0.15, -0.1) is 0 Å². The number of morpholine rings is 1. The molecule has 8 nitrogen and oxygen atoms in total. The van der Waals surface area contributed by atoms with Crippen molar-refractivity contribution < 1.29 is 22.7 Å². The summed E-state index contributed by atoms with van der Waals surface area (Å²) in [5, 5.41) is 4.94. The van der Waals surface area contributed by atoms with Crippen LogP contribution in [0.4, 0.5) is 5.69 Å². The molecule has 0 spiro atoms. The number of sulfone groups is 1. The molecule has 2 heterocycles. The molecular weight excluding hydrogens is 490 g/mol. The number of nitrogens with zero attached hydrogens (tertiary/aromatic N) is 2. The van der Waals surface area contributed by atoms with E-state index in [-0.39, 0.29) is 17.4 Å². The van der Waals surface area contributed by atoms with Gasteiger partial charge in [0, 0.05) is 61.3 Å². The second-order valence-electron chi connectivity index (χ2n) is 9.54. The maximum Gasteiger partial charge on any atom is 0.255 e. The third-order valence-electron chi connectivity index (χ3n) is 6.96. The molecule has 1 N–H and O–H groups in total. The van der Waals surface area contributed by atoms with Gasteiger partial charge in [-0.3, -0.25) is 14.6 Å². The van der Waals surface area contributed by atoms with Gasteiger partial charge in [-0.25, -0.2) is 8.42 Å². The molecule has 0 saturated carbocycles. The summed E-state index contributed by atoms with van der Waals surface area (Å²) in [4.78, 5) is 17.5. The molecule has 2 fully saturated rings. The highest BCUT2D eigenvalue weighted by molar-refractivity contribution is 7.91. The fraction of sp³-hybridized carbons (Fsp3) is 0.393. The number of ether oxygens (including phenoxy) is 2. The number of carbonyl (C=O) groups is 1. The summed E-state index contributed by atoms with van der Waals surface area (Å²) in [6, 6.07) is 19.2. The average molecular weight is 524 g/mol. The molecule has 0 bridgehead atoms. The van der Waals surface area contributed by atoms with Crippen molar-refractivity contribution in [2.75, 3.05) is 69.4 Å². The summed E-state index contributed by atoms with van der Waals surface area (Å²) in [6.07, 6.45) is 0. The van der Waals surface area contributed by atoms with Crippen molar-refractivity contribution in [1.82, 2.24) is 9.80 Å². The number of rotatable bonds is 8. The molecule has 1 amide bonds. The third kappa shape index (κ3) is 6.67. The minimum absolute atomic E-state index is 0.179. The van der Waals surface area contributed by atoms with E-state index in [2.05, 4.69) is 15.1 Å². The van der Waals surface area contributed by atoms with Gasteiger partial charge >= 0.3 is 0 Å². The largest absolute Gasteiger partial charge is 0.492 e. The van der Waals surface area contributed by atoms with Crippen molar-refractivity contribution in [2.45, 2.75) is 6.54 Å². The number of amides is 1. The molecule has 5 rings (SSSR count). The number of nitrogens with one attached hydrogen (secondary N) is 1. The molecule has 0 atom stereocenters. The molecule has 0 radical (unpaired) electrons. The molecule has 2 aliphatic rings. The second-order valence-corrected chi connectivity index (χ2v) is 11.8. The van der Waals surface area contributed by atoms with Crippen LogP contribution >= 0.6 is 0 Å². The Bertz CT molecular complexity index is 1320. The number of carbonyl (C=O) groups excluding carboxylic acids is 1. The van der Waals surface area contributed by atoms with Gasteiger partial charge in [0.2, 0.25) is 0 Å². The first-order valence-electron chi connectivity index (χ1n) is 12.7. The van der Waals surface area contributed by atoms with Crippen LogP contribution < -0.4 is 10.1 Å². The van der Waals surface area contributed by atoms with Crippen molar-refractivity contribution in [2.24, 2.45) is 0 Å². The van der Waals surface area contributed by atoms with E-state index >= 15 is 0 Å². The first-order chi connectivity index (χ1) is 18.0. The molecule has 2 aliphatic heterocycles. The van der Waals surface area contributed by atoms with E-state index in [4.69, 9.17) is 9.47 Å². The van der Waals surface area contributed by atoms with Crippen LogP contribution in [0.5, 0.6) is 5.75 Å². The lowest BCUT2D eigenvalue weighted by Crippen LogP contribution is -2.39. The molecule has 0 unspecified atom stereocenters. The highest BCUT2D eigenvalue weighted by atomic mass is 32.2. The van der Waals surface area contributed by atoms with Crippen molar-refractivity contribution >= 4 is 32.2 Å². The van der Waals surface area contributed by atoms with E-state index in [0.717, 1.165) is 60.6 Å². The van der Waals surface area contributed by atoms with Gasteiger partial charge in [-0.05, 0) is 29.8 Å². The van der Waals surface area contributed by atoms with Gasteiger partial charge < -0.3 is 14.8 Å². The van der Waals surface area contributed by atoms with Crippen LogP contribution in [0.1, 0.15) is 15.9 Å². The Labute approximate surface area is 218 Å². The van der Waals surface area contributed by atoms with Crippen LogP contribution in [0.3, 0.4) is 0 Å². The van der Waals surface area contributed by atoms with Gasteiger partial charge in [-0.1, -0.05) is 36.4 Å². The van der Waals surface area contributed by atoms with Crippen molar-refractivity contribution in [1.29, 1.82) is 0 Å². The highest BCUT2D eigenvalue weighted by Gasteiger charge is 2.21. The summed E-state index contributed by atoms with van der Waals surface area (Å²) >= 11 is 0. The Kier molecular flexibility index (Phi) is 8.05. The molecule has 9 heteroatoms. The zero-order chi connectivity index (χ0) is 25.7. The van der Waals surface area contributed by atoms with Crippen molar-refractivity contribution in [3.63, 3.8) is 0 Å². The number of hydrogen-bond acceptors (Lipinski definition) is 7. The predicted octanol–water partition coefficient (Wildman–Crippen LogP) is 3.03. The summed E-state index contributed by atoms with van der Waals surface area (Å²) in [6.45, 7) is 6.61. The van der Waals surface area contributed by atoms with Crippen LogP contribution in [-0.4, -0.2) is 88.2 Å². The average Bonchev–Trinajstić information content (AvgIpc) is 2.92. The molecule has 196 valence electrons. The molecule has 2 saturated heterocycles. The van der Waals surface area contributed by atoms with Gasteiger partial charge in [0.25, 0.3) is 5.91 Å². The third-order valence-corrected chi connectivity index (χ3v) is 8.57. The number of anilines is 1. The fourth-order valence-electron chi connectivity index (χ4n) is 4.74. The summed E-state index contributed by atoms with van der Waals surface area (Å²) < 4.78 is 34.8. The van der Waals surface area contributed by atoms with E-state index in [1.165, 1.54) is 0 Å². The SMILES string of the molecule is O=C(Nc1ccc(OCCN2CCOCC2)c2ccccc12)c1ccc(CN2CCS(=O)(=O)CC2)cc1. The monoisotopic (exact) mass is 523 g/mol. The molecule has 3 aromatic carbocycles. The van der Waals surface area contributed by atoms with Gasteiger partial charge in [0.15, 0.2) is 9.84 Å². The van der Waals surface area contributed by atoms with E-state index in [1.807, 2.05) is 60.7 Å². The quantitative estimate of drug-likeness (QED) is 0.486. The molecule has 0 aromatic heterocycles. The number of fused-ring (bicyclic) bond motifs is 1. The van der Waals surface area contributed by atoms with Gasteiger partial charge in [-0.2, -0.15) is 0 Å². The van der Waals surface area contributed by atoms with Crippen LogP contribution in [0.2, 0.25) is 0 Å². The van der Waals surface area contributed by atoms with Crippen LogP contribution in [0.15, 0.2) is 60.7 Å². The van der Waals surface area contributed by atoms with E-state index in [9.17, 15) is 13.2 Å². The molecular formula is C28H33N3O5S. The van der Waals surface area contributed by atoms with Crippen LogP contribution in [-0.2, 0) is 21.1 Å². The van der Waals surface area contributed by atoms with E-state index in [0.29, 0.717) is 31.8 Å². The fourth-order valence-corrected chi connectivity index (χ4v) is 6.02. The molecule has 0 aliphatic carbocycles. The zero-order valence-corrected chi connectivity index (χ0v) is 21.7. The first-order valence-corrected chi connectivity index (χ1v) is 14.6. The van der Waals surface area contributed by atoms with Crippen LogP contribution in [0, 0.1) is 0 Å². The Morgan fingerprint density at radius 2 is 1.57 bits per heavy atom. The van der Waals surface area contributed by atoms with E-state index < -0.39 is 9.84 Å².